The monoisotopic (exact) mass is 274 g/mol. The molecular weight excluding hydrogens is 263 g/mol. The second-order valence-corrected chi connectivity index (χ2v) is 4.35. The number of rotatable bonds is 4. The van der Waals surface area contributed by atoms with Crippen molar-refractivity contribution in [3.05, 3.63) is 33.4 Å². The lowest BCUT2D eigenvalue weighted by molar-refractivity contribution is -0.115. The van der Waals surface area contributed by atoms with E-state index >= 15 is 0 Å². The van der Waals surface area contributed by atoms with Crippen molar-refractivity contribution in [2.45, 2.75) is 19.8 Å². The average Bonchev–Trinajstić information content (AvgIpc) is 2.33. The van der Waals surface area contributed by atoms with Gasteiger partial charge in [-0.1, -0.05) is 35.4 Å². The van der Waals surface area contributed by atoms with Gasteiger partial charge in [0, 0.05) is 17.8 Å². The van der Waals surface area contributed by atoms with Crippen molar-refractivity contribution in [2.75, 3.05) is 6.61 Å². The third-order valence-electron chi connectivity index (χ3n) is 2.36. The molecule has 1 N–H and O–H groups in total. The van der Waals surface area contributed by atoms with Gasteiger partial charge in [0.1, 0.15) is 0 Å². The van der Waals surface area contributed by atoms with Crippen LogP contribution in [0, 0.1) is 0 Å². The Hall–Kier alpha value is -0.900. The Morgan fingerprint density at radius 2 is 1.82 bits per heavy atom. The highest BCUT2D eigenvalue weighted by Crippen LogP contribution is 2.29. The fraction of sp³-hybridized carbons (Fsp3) is 0.333. The lowest BCUT2D eigenvalue weighted by atomic mass is 9.97. The molecule has 0 aromatic heterocycles. The lowest BCUT2D eigenvalue weighted by Gasteiger charge is -2.12. The summed E-state index contributed by atoms with van der Waals surface area (Å²) in [5.41, 5.74) is 0.291. The number of carbonyl (C=O) groups is 2. The molecule has 0 spiro atoms. The van der Waals surface area contributed by atoms with Gasteiger partial charge in [-0.25, -0.2) is 0 Å². The van der Waals surface area contributed by atoms with Crippen molar-refractivity contribution in [3.63, 3.8) is 0 Å². The molecule has 1 aliphatic carbocycles. The van der Waals surface area contributed by atoms with Gasteiger partial charge >= 0.3 is 0 Å². The van der Waals surface area contributed by atoms with Crippen LogP contribution in [0.1, 0.15) is 19.8 Å². The number of unbranched alkanes of at least 4 members (excludes halogenated alkanes) is 1. The number of hydrogen-bond donors (Lipinski definition) is 1. The van der Waals surface area contributed by atoms with Crippen molar-refractivity contribution in [1.82, 2.24) is 0 Å². The Kier molecular flexibility index (Phi) is 5.12. The van der Waals surface area contributed by atoms with E-state index in [0.717, 1.165) is 0 Å². The molecule has 0 heterocycles. The van der Waals surface area contributed by atoms with Crippen LogP contribution < -0.4 is 0 Å². The molecule has 1 aliphatic rings. The van der Waals surface area contributed by atoms with Crippen molar-refractivity contribution in [2.24, 2.45) is 0 Å². The molecule has 0 amide bonds. The Bertz CT molecular complexity index is 445. The van der Waals surface area contributed by atoms with E-state index in [2.05, 4.69) is 0 Å². The zero-order valence-corrected chi connectivity index (χ0v) is 10.8. The highest BCUT2D eigenvalue weighted by atomic mass is 35.5. The molecule has 0 saturated heterocycles. The molecule has 0 unspecified atom stereocenters. The fourth-order valence-corrected chi connectivity index (χ4v) is 1.81. The number of allylic oxidation sites excluding steroid dienone is 6. The minimum Gasteiger partial charge on any atom is -0.396 e. The second kappa shape index (κ2) is 6.15. The molecular formula is C12H12Cl2O3. The van der Waals surface area contributed by atoms with Gasteiger partial charge in [-0.2, -0.15) is 0 Å². The molecule has 0 aromatic rings. The van der Waals surface area contributed by atoms with E-state index in [9.17, 15) is 9.59 Å². The second-order valence-electron chi connectivity index (χ2n) is 3.59. The summed E-state index contributed by atoms with van der Waals surface area (Å²) in [4.78, 5) is 23.4. The topological polar surface area (TPSA) is 54.4 Å². The maximum atomic E-state index is 11.8. The Morgan fingerprint density at radius 1 is 1.18 bits per heavy atom. The minimum atomic E-state index is -0.436. The summed E-state index contributed by atoms with van der Waals surface area (Å²) in [5.74, 6) is -0.855. The minimum absolute atomic E-state index is 0.0732. The predicted octanol–water partition coefficient (Wildman–Crippen LogP) is 2.47. The van der Waals surface area contributed by atoms with Crippen LogP contribution in [-0.4, -0.2) is 23.3 Å². The van der Waals surface area contributed by atoms with Gasteiger partial charge in [0.15, 0.2) is 0 Å². The molecule has 0 radical (unpaired) electrons. The molecule has 0 aromatic carbocycles. The first-order valence-electron chi connectivity index (χ1n) is 5.13. The van der Waals surface area contributed by atoms with Crippen molar-refractivity contribution >= 4 is 34.8 Å². The third-order valence-corrected chi connectivity index (χ3v) is 3.19. The quantitative estimate of drug-likeness (QED) is 0.633. The zero-order valence-electron chi connectivity index (χ0n) is 9.30. The van der Waals surface area contributed by atoms with Crippen molar-refractivity contribution in [1.29, 1.82) is 0 Å². The number of aliphatic hydroxyl groups is 1. The van der Waals surface area contributed by atoms with Crippen LogP contribution in [0.4, 0.5) is 0 Å². The molecule has 0 fully saturated rings. The highest BCUT2D eigenvalue weighted by molar-refractivity contribution is 6.56. The van der Waals surface area contributed by atoms with E-state index in [1.165, 1.54) is 13.0 Å². The number of halogens is 2. The van der Waals surface area contributed by atoms with Crippen molar-refractivity contribution in [3.8, 4) is 0 Å². The summed E-state index contributed by atoms with van der Waals surface area (Å²) < 4.78 is 0. The van der Waals surface area contributed by atoms with Gasteiger partial charge in [0.2, 0.25) is 11.6 Å². The molecule has 17 heavy (non-hydrogen) atoms. The van der Waals surface area contributed by atoms with Gasteiger partial charge in [-0.15, -0.1) is 0 Å². The molecule has 92 valence electrons. The van der Waals surface area contributed by atoms with Gasteiger partial charge in [0.25, 0.3) is 0 Å². The average molecular weight is 275 g/mol. The zero-order chi connectivity index (χ0) is 13.0. The SMILES string of the molecule is CC1=C(Cl)C(=O)C(/C=C\CCCO)=C(Cl)C1=O. The summed E-state index contributed by atoms with van der Waals surface area (Å²) >= 11 is 11.6. The summed E-state index contributed by atoms with van der Waals surface area (Å²) in [7, 11) is 0. The van der Waals surface area contributed by atoms with Crippen LogP contribution in [-0.2, 0) is 9.59 Å². The lowest BCUT2D eigenvalue weighted by Crippen LogP contribution is -2.17. The largest absolute Gasteiger partial charge is 0.396 e. The van der Waals surface area contributed by atoms with Gasteiger partial charge < -0.3 is 5.11 Å². The first-order valence-corrected chi connectivity index (χ1v) is 5.89. The normalized spacial score (nSPS) is 17.6. The smallest absolute Gasteiger partial charge is 0.206 e. The standard InChI is InChI=1S/C12H12Cl2O3/c1-7-9(13)12(17)8(10(14)11(7)16)5-3-2-4-6-15/h3,5,15H,2,4,6H2,1H3/b5-3-. The summed E-state index contributed by atoms with van der Waals surface area (Å²) in [5, 5.41) is 8.42. The maximum absolute atomic E-state index is 11.8. The molecule has 1 rings (SSSR count). The van der Waals surface area contributed by atoms with E-state index < -0.39 is 11.6 Å². The predicted molar refractivity (Wildman–Crippen MR) is 66.9 cm³/mol. The molecule has 0 atom stereocenters. The van der Waals surface area contributed by atoms with Gasteiger partial charge in [-0.05, 0) is 19.8 Å². The fourth-order valence-electron chi connectivity index (χ4n) is 1.33. The molecule has 0 saturated carbocycles. The van der Waals surface area contributed by atoms with Gasteiger partial charge in [0.05, 0.1) is 10.1 Å². The van der Waals surface area contributed by atoms with E-state index in [0.29, 0.717) is 12.8 Å². The first kappa shape index (κ1) is 14.2. The number of aliphatic hydroxyl groups excluding tert-OH is 1. The summed E-state index contributed by atoms with van der Waals surface area (Å²) in [6.45, 7) is 1.54. The van der Waals surface area contributed by atoms with Crippen LogP contribution in [0.5, 0.6) is 0 Å². The number of Topliss-reactive ketones (excluding diaryl/α,β-unsaturated/α-hetero) is 2. The van der Waals surface area contributed by atoms with E-state index in [4.69, 9.17) is 28.3 Å². The maximum Gasteiger partial charge on any atom is 0.206 e. The van der Waals surface area contributed by atoms with Crippen LogP contribution in [0.3, 0.4) is 0 Å². The third kappa shape index (κ3) is 3.06. The number of hydrogen-bond acceptors (Lipinski definition) is 3. The summed E-state index contributed by atoms with van der Waals surface area (Å²) in [6, 6.07) is 0. The molecule has 3 nitrogen and oxygen atoms in total. The summed E-state index contributed by atoms with van der Waals surface area (Å²) in [6.07, 6.45) is 4.36. The Morgan fingerprint density at radius 3 is 2.41 bits per heavy atom. The molecule has 0 bridgehead atoms. The van der Waals surface area contributed by atoms with E-state index in [1.54, 1.807) is 6.08 Å². The van der Waals surface area contributed by atoms with Gasteiger partial charge in [-0.3, -0.25) is 9.59 Å². The first-order chi connectivity index (χ1) is 8.00. The van der Waals surface area contributed by atoms with Crippen LogP contribution in [0.2, 0.25) is 0 Å². The van der Waals surface area contributed by atoms with Crippen LogP contribution in [0.25, 0.3) is 0 Å². The van der Waals surface area contributed by atoms with E-state index in [1.807, 2.05) is 0 Å². The van der Waals surface area contributed by atoms with Crippen molar-refractivity contribution < 1.29 is 14.7 Å². The number of ketones is 2. The molecule has 5 heteroatoms. The Balaban J connectivity index is 2.95. The Labute approximate surface area is 109 Å². The molecule has 0 aliphatic heterocycles. The van der Waals surface area contributed by atoms with Crippen LogP contribution >= 0.6 is 23.2 Å². The van der Waals surface area contributed by atoms with E-state index in [-0.39, 0.29) is 27.8 Å². The number of carbonyl (C=O) groups excluding carboxylic acids is 2. The highest BCUT2D eigenvalue weighted by Gasteiger charge is 2.29. The van der Waals surface area contributed by atoms with Crippen LogP contribution in [0.15, 0.2) is 33.4 Å².